The molecule has 0 radical (unpaired) electrons. The fraction of sp³-hybridized carbons (Fsp3) is 0.909. The van der Waals surface area contributed by atoms with Gasteiger partial charge in [0.2, 0.25) is 5.91 Å². The van der Waals surface area contributed by atoms with E-state index in [1.54, 1.807) is 11.8 Å². The van der Waals surface area contributed by atoms with Gasteiger partial charge in [-0.25, -0.2) is 0 Å². The van der Waals surface area contributed by atoms with Crippen molar-refractivity contribution in [1.82, 2.24) is 5.32 Å². The molecule has 0 bridgehead atoms. The molecule has 1 amide bonds. The van der Waals surface area contributed by atoms with E-state index >= 15 is 0 Å². The number of thioether (sulfide) groups is 1. The summed E-state index contributed by atoms with van der Waals surface area (Å²) < 4.78 is 0. The summed E-state index contributed by atoms with van der Waals surface area (Å²) in [7, 11) is 0. The van der Waals surface area contributed by atoms with Crippen molar-refractivity contribution in [2.75, 3.05) is 18.1 Å². The fourth-order valence-corrected chi connectivity index (χ4v) is 1.92. The van der Waals surface area contributed by atoms with E-state index in [2.05, 4.69) is 19.2 Å². The van der Waals surface area contributed by atoms with E-state index in [0.717, 1.165) is 12.2 Å². The molecule has 0 aromatic rings. The first kappa shape index (κ1) is 14.8. The summed E-state index contributed by atoms with van der Waals surface area (Å²) in [6, 6.07) is 0.308. The van der Waals surface area contributed by atoms with Gasteiger partial charge in [-0.3, -0.25) is 4.79 Å². The molecule has 15 heavy (non-hydrogen) atoms. The van der Waals surface area contributed by atoms with Crippen LogP contribution < -0.4 is 11.1 Å². The van der Waals surface area contributed by atoms with E-state index in [0.29, 0.717) is 18.3 Å². The Kier molecular flexibility index (Phi) is 10.2. The number of carbonyl (C=O) groups excluding carboxylic acids is 1. The molecule has 0 saturated heterocycles. The van der Waals surface area contributed by atoms with E-state index in [1.165, 1.54) is 19.3 Å². The van der Waals surface area contributed by atoms with Gasteiger partial charge in [0.05, 0.1) is 5.75 Å². The molecule has 0 aliphatic carbocycles. The van der Waals surface area contributed by atoms with Gasteiger partial charge in [0.25, 0.3) is 0 Å². The molecule has 0 fully saturated rings. The van der Waals surface area contributed by atoms with Crippen LogP contribution in [0.1, 0.15) is 39.5 Å². The third-order valence-corrected chi connectivity index (χ3v) is 3.13. The van der Waals surface area contributed by atoms with E-state index in [1.807, 2.05) is 0 Å². The third-order valence-electron chi connectivity index (χ3n) is 2.14. The van der Waals surface area contributed by atoms with E-state index in [9.17, 15) is 4.79 Å². The molecule has 0 aliphatic heterocycles. The van der Waals surface area contributed by atoms with Crippen LogP contribution in [0.3, 0.4) is 0 Å². The van der Waals surface area contributed by atoms with Gasteiger partial charge in [0.1, 0.15) is 0 Å². The van der Waals surface area contributed by atoms with Crippen LogP contribution in [0.4, 0.5) is 0 Å². The first-order valence-electron chi connectivity index (χ1n) is 5.77. The molecule has 1 unspecified atom stereocenters. The number of carbonyl (C=O) groups is 1. The lowest BCUT2D eigenvalue weighted by Gasteiger charge is -2.13. The van der Waals surface area contributed by atoms with Crippen LogP contribution >= 0.6 is 11.8 Å². The minimum atomic E-state index is 0.137. The van der Waals surface area contributed by atoms with Crippen LogP contribution in [0, 0.1) is 0 Å². The smallest absolute Gasteiger partial charge is 0.230 e. The molecule has 0 rings (SSSR count). The Hall–Kier alpha value is -0.220. The Morgan fingerprint density at radius 2 is 2.20 bits per heavy atom. The van der Waals surface area contributed by atoms with Crippen molar-refractivity contribution in [3.8, 4) is 0 Å². The monoisotopic (exact) mass is 232 g/mol. The largest absolute Gasteiger partial charge is 0.353 e. The summed E-state index contributed by atoms with van der Waals surface area (Å²) in [6.45, 7) is 4.90. The molecular weight excluding hydrogens is 208 g/mol. The van der Waals surface area contributed by atoms with Gasteiger partial charge < -0.3 is 11.1 Å². The summed E-state index contributed by atoms with van der Waals surface area (Å²) in [4.78, 5) is 11.4. The van der Waals surface area contributed by atoms with Crippen molar-refractivity contribution < 1.29 is 4.79 Å². The molecule has 4 heteroatoms. The van der Waals surface area contributed by atoms with E-state index in [4.69, 9.17) is 5.73 Å². The molecule has 0 aliphatic rings. The van der Waals surface area contributed by atoms with E-state index in [-0.39, 0.29) is 5.91 Å². The maximum Gasteiger partial charge on any atom is 0.230 e. The van der Waals surface area contributed by atoms with Crippen LogP contribution in [0.15, 0.2) is 0 Å². The summed E-state index contributed by atoms with van der Waals surface area (Å²) in [5.41, 5.74) is 5.34. The molecule has 0 saturated carbocycles. The second-order valence-electron chi connectivity index (χ2n) is 3.81. The minimum Gasteiger partial charge on any atom is -0.353 e. The molecule has 0 heterocycles. The van der Waals surface area contributed by atoms with Gasteiger partial charge in [-0.1, -0.05) is 26.2 Å². The summed E-state index contributed by atoms with van der Waals surface area (Å²) in [5, 5.41) is 3.00. The van der Waals surface area contributed by atoms with Gasteiger partial charge >= 0.3 is 0 Å². The predicted octanol–water partition coefficient (Wildman–Crippen LogP) is 1.76. The SMILES string of the molecule is CCCCCC(C)NC(=O)CSCCN. The second-order valence-corrected chi connectivity index (χ2v) is 4.91. The lowest BCUT2D eigenvalue weighted by Crippen LogP contribution is -2.33. The molecule has 0 aromatic carbocycles. The van der Waals surface area contributed by atoms with Crippen molar-refractivity contribution >= 4 is 17.7 Å². The van der Waals surface area contributed by atoms with Gasteiger partial charge in [-0.15, -0.1) is 0 Å². The lowest BCUT2D eigenvalue weighted by molar-refractivity contribution is -0.119. The highest BCUT2D eigenvalue weighted by Gasteiger charge is 2.06. The zero-order valence-electron chi connectivity index (χ0n) is 9.92. The Morgan fingerprint density at radius 1 is 1.47 bits per heavy atom. The first-order chi connectivity index (χ1) is 7.20. The van der Waals surface area contributed by atoms with Crippen LogP contribution in [-0.4, -0.2) is 30.0 Å². The fourth-order valence-electron chi connectivity index (χ4n) is 1.34. The first-order valence-corrected chi connectivity index (χ1v) is 6.93. The van der Waals surface area contributed by atoms with Gasteiger partial charge in [-0.05, 0) is 13.3 Å². The van der Waals surface area contributed by atoms with Crippen molar-refractivity contribution in [1.29, 1.82) is 0 Å². The molecule has 90 valence electrons. The molecule has 0 spiro atoms. The summed E-state index contributed by atoms with van der Waals surface area (Å²) >= 11 is 1.59. The maximum absolute atomic E-state index is 11.4. The van der Waals surface area contributed by atoms with E-state index < -0.39 is 0 Å². The predicted molar refractivity (Wildman–Crippen MR) is 68.1 cm³/mol. The summed E-state index contributed by atoms with van der Waals surface area (Å²) in [6.07, 6.45) is 4.77. The standard InChI is InChI=1S/C11H24N2OS/c1-3-4-5-6-10(2)13-11(14)9-15-8-7-12/h10H,3-9,12H2,1-2H3,(H,13,14). The minimum absolute atomic E-state index is 0.137. The van der Waals surface area contributed by atoms with Gasteiger partial charge in [0.15, 0.2) is 0 Å². The van der Waals surface area contributed by atoms with Gasteiger partial charge in [-0.2, -0.15) is 11.8 Å². The highest BCUT2D eigenvalue weighted by atomic mass is 32.2. The number of hydrogen-bond donors (Lipinski definition) is 2. The Bertz CT molecular complexity index is 165. The second kappa shape index (κ2) is 10.3. The van der Waals surface area contributed by atoms with Crippen LogP contribution in [0.25, 0.3) is 0 Å². The highest BCUT2D eigenvalue weighted by Crippen LogP contribution is 2.03. The van der Waals surface area contributed by atoms with Crippen molar-refractivity contribution in [2.24, 2.45) is 5.73 Å². The topological polar surface area (TPSA) is 55.1 Å². The Balaban J connectivity index is 3.40. The van der Waals surface area contributed by atoms with Crippen molar-refractivity contribution in [3.05, 3.63) is 0 Å². The molecular formula is C11H24N2OS. The van der Waals surface area contributed by atoms with Crippen LogP contribution in [0.5, 0.6) is 0 Å². The highest BCUT2D eigenvalue weighted by molar-refractivity contribution is 7.99. The Morgan fingerprint density at radius 3 is 2.80 bits per heavy atom. The average Bonchev–Trinajstić information content (AvgIpc) is 2.18. The zero-order chi connectivity index (χ0) is 11.5. The maximum atomic E-state index is 11.4. The number of rotatable bonds is 9. The Labute approximate surface area is 97.6 Å². The number of nitrogens with one attached hydrogen (secondary N) is 1. The number of hydrogen-bond acceptors (Lipinski definition) is 3. The van der Waals surface area contributed by atoms with Crippen LogP contribution in [0.2, 0.25) is 0 Å². The van der Waals surface area contributed by atoms with Crippen molar-refractivity contribution in [2.45, 2.75) is 45.6 Å². The quantitative estimate of drug-likeness (QED) is 0.596. The lowest BCUT2D eigenvalue weighted by atomic mass is 10.1. The molecule has 3 nitrogen and oxygen atoms in total. The van der Waals surface area contributed by atoms with Crippen molar-refractivity contribution in [3.63, 3.8) is 0 Å². The zero-order valence-corrected chi connectivity index (χ0v) is 10.7. The summed E-state index contributed by atoms with van der Waals surface area (Å²) in [5.74, 6) is 1.53. The number of nitrogens with two attached hydrogens (primary N) is 1. The van der Waals surface area contributed by atoms with Crippen LogP contribution in [-0.2, 0) is 4.79 Å². The van der Waals surface area contributed by atoms with Gasteiger partial charge in [0, 0.05) is 18.3 Å². The molecule has 0 aromatic heterocycles. The molecule has 1 atom stereocenters. The molecule has 3 N–H and O–H groups in total. The average molecular weight is 232 g/mol. The number of amides is 1. The third kappa shape index (κ3) is 10.1. The normalized spacial score (nSPS) is 12.5. The number of unbranched alkanes of at least 4 members (excludes halogenated alkanes) is 2.